The van der Waals surface area contributed by atoms with Gasteiger partial charge in [-0.2, -0.15) is 0 Å². The van der Waals surface area contributed by atoms with Crippen LogP contribution in [-0.2, 0) is 4.79 Å². The van der Waals surface area contributed by atoms with Gasteiger partial charge in [0.1, 0.15) is 5.58 Å². The normalized spacial score (nSPS) is 10.7. The van der Waals surface area contributed by atoms with Gasteiger partial charge < -0.3 is 9.73 Å². The molecule has 0 spiro atoms. The van der Waals surface area contributed by atoms with Crippen LogP contribution < -0.4 is 10.9 Å². The van der Waals surface area contributed by atoms with Gasteiger partial charge in [0.15, 0.2) is 0 Å². The molecule has 0 radical (unpaired) electrons. The number of anilines is 1. The van der Waals surface area contributed by atoms with Crippen molar-refractivity contribution in [2.45, 2.75) is 4.90 Å². The lowest BCUT2D eigenvalue weighted by Gasteiger charge is -2.07. The maximum Gasteiger partial charge on any atom is 0.337 e. The zero-order valence-electron chi connectivity index (χ0n) is 11.9. The van der Waals surface area contributed by atoms with E-state index in [1.807, 2.05) is 12.1 Å². The molecule has 1 N–H and O–H groups in total. The van der Waals surface area contributed by atoms with Gasteiger partial charge in [0.25, 0.3) is 0 Å². The summed E-state index contributed by atoms with van der Waals surface area (Å²) in [5, 5.41) is 4.04. The minimum absolute atomic E-state index is 0.165. The van der Waals surface area contributed by atoms with Crippen LogP contribution in [0.25, 0.3) is 11.0 Å². The van der Waals surface area contributed by atoms with Crippen molar-refractivity contribution in [3.63, 3.8) is 0 Å². The summed E-state index contributed by atoms with van der Waals surface area (Å²) in [7, 11) is 0. The molecule has 0 bridgehead atoms. The third-order valence-electron chi connectivity index (χ3n) is 3.12. The molecule has 2 aromatic carbocycles. The van der Waals surface area contributed by atoms with Crippen LogP contribution in [0.3, 0.4) is 0 Å². The smallest absolute Gasteiger partial charge is 0.337 e. The van der Waals surface area contributed by atoms with Crippen molar-refractivity contribution < 1.29 is 9.21 Å². The number of rotatable bonds is 4. The van der Waals surface area contributed by atoms with Crippen molar-refractivity contribution in [3.8, 4) is 0 Å². The van der Waals surface area contributed by atoms with Gasteiger partial charge in [-0.25, -0.2) is 4.79 Å². The molecule has 0 unspecified atom stereocenters. The van der Waals surface area contributed by atoms with E-state index in [1.54, 1.807) is 36.4 Å². The largest absolute Gasteiger partial charge is 0.423 e. The highest BCUT2D eigenvalue weighted by Gasteiger charge is 2.10. The van der Waals surface area contributed by atoms with Crippen molar-refractivity contribution in [3.05, 3.63) is 70.0 Å². The molecule has 116 valence electrons. The molecular formula is C17H12ClNO3S. The minimum atomic E-state index is -0.433. The summed E-state index contributed by atoms with van der Waals surface area (Å²) in [6, 6.07) is 15.7. The van der Waals surface area contributed by atoms with Crippen LogP contribution in [0.2, 0.25) is 5.02 Å². The molecule has 0 atom stereocenters. The number of hydrogen-bond acceptors (Lipinski definition) is 4. The number of para-hydroxylation sites is 2. The van der Waals surface area contributed by atoms with Gasteiger partial charge in [-0.15, -0.1) is 11.8 Å². The number of thioether (sulfide) groups is 1. The monoisotopic (exact) mass is 345 g/mol. The number of benzene rings is 2. The van der Waals surface area contributed by atoms with Crippen LogP contribution in [0.5, 0.6) is 0 Å². The topological polar surface area (TPSA) is 59.3 Å². The molecule has 3 aromatic rings. The molecule has 4 nitrogen and oxygen atoms in total. The predicted molar refractivity (Wildman–Crippen MR) is 93.3 cm³/mol. The number of nitrogens with one attached hydrogen (secondary N) is 1. The number of amides is 1. The standard InChI is InChI=1S/C17H12ClNO3S/c18-12-6-2-3-7-13(12)19-16(20)10-23-15-9-17(21)22-14-8-4-1-5-11(14)15/h1-9H,10H2,(H,19,20). The lowest BCUT2D eigenvalue weighted by Crippen LogP contribution is -2.14. The van der Waals surface area contributed by atoms with E-state index < -0.39 is 5.63 Å². The average Bonchev–Trinajstić information content (AvgIpc) is 2.54. The molecule has 1 heterocycles. The first-order valence-corrected chi connectivity index (χ1v) is 8.20. The van der Waals surface area contributed by atoms with Crippen LogP contribution in [-0.4, -0.2) is 11.7 Å². The van der Waals surface area contributed by atoms with E-state index in [0.717, 1.165) is 5.39 Å². The molecule has 6 heteroatoms. The Labute approximate surface area is 141 Å². The highest BCUT2D eigenvalue weighted by molar-refractivity contribution is 8.00. The molecule has 3 rings (SSSR count). The summed E-state index contributed by atoms with van der Waals surface area (Å²) in [5.41, 5.74) is 0.643. The second-order valence-electron chi connectivity index (χ2n) is 4.74. The van der Waals surface area contributed by atoms with E-state index in [2.05, 4.69) is 5.32 Å². The Kier molecular flexibility index (Phi) is 4.69. The molecule has 23 heavy (non-hydrogen) atoms. The zero-order valence-corrected chi connectivity index (χ0v) is 13.5. The van der Waals surface area contributed by atoms with Crippen molar-refractivity contribution >= 4 is 45.9 Å². The summed E-state index contributed by atoms with van der Waals surface area (Å²) in [6.45, 7) is 0. The summed E-state index contributed by atoms with van der Waals surface area (Å²) in [4.78, 5) is 24.4. The Balaban J connectivity index is 1.75. The SMILES string of the molecule is O=C(CSc1cc(=O)oc2ccccc12)Nc1ccccc1Cl. The highest BCUT2D eigenvalue weighted by atomic mass is 35.5. The van der Waals surface area contributed by atoms with Crippen LogP contribution in [0.1, 0.15) is 0 Å². The van der Waals surface area contributed by atoms with Crippen LogP contribution in [0.15, 0.2) is 68.7 Å². The van der Waals surface area contributed by atoms with Crippen LogP contribution in [0.4, 0.5) is 5.69 Å². The van der Waals surface area contributed by atoms with Crippen LogP contribution >= 0.6 is 23.4 Å². The second-order valence-corrected chi connectivity index (χ2v) is 6.17. The first-order valence-electron chi connectivity index (χ1n) is 6.83. The fraction of sp³-hybridized carbons (Fsp3) is 0.0588. The van der Waals surface area contributed by atoms with Gasteiger partial charge in [-0.05, 0) is 18.2 Å². The van der Waals surface area contributed by atoms with Crippen LogP contribution in [0, 0.1) is 0 Å². The third kappa shape index (κ3) is 3.75. The maximum atomic E-state index is 12.1. The van der Waals surface area contributed by atoms with Gasteiger partial charge in [0.2, 0.25) is 5.91 Å². The van der Waals surface area contributed by atoms with E-state index in [-0.39, 0.29) is 11.7 Å². The Morgan fingerprint density at radius 3 is 2.70 bits per heavy atom. The minimum Gasteiger partial charge on any atom is -0.423 e. The second kappa shape index (κ2) is 6.89. The van der Waals surface area contributed by atoms with E-state index in [4.69, 9.17) is 16.0 Å². The van der Waals surface area contributed by atoms with E-state index in [1.165, 1.54) is 17.8 Å². The number of carbonyl (C=O) groups excluding carboxylic acids is 1. The quantitative estimate of drug-likeness (QED) is 0.569. The highest BCUT2D eigenvalue weighted by Crippen LogP contribution is 2.27. The van der Waals surface area contributed by atoms with Gasteiger partial charge in [0.05, 0.1) is 16.5 Å². The van der Waals surface area contributed by atoms with Crippen molar-refractivity contribution in [1.82, 2.24) is 0 Å². The Morgan fingerprint density at radius 2 is 1.87 bits per heavy atom. The molecule has 0 aliphatic rings. The molecule has 1 amide bonds. The molecule has 0 saturated heterocycles. The molecular weight excluding hydrogens is 334 g/mol. The van der Waals surface area contributed by atoms with Crippen molar-refractivity contribution in [1.29, 1.82) is 0 Å². The number of hydrogen-bond donors (Lipinski definition) is 1. The van der Waals surface area contributed by atoms with E-state index in [0.29, 0.717) is 21.2 Å². The summed E-state index contributed by atoms with van der Waals surface area (Å²) in [6.07, 6.45) is 0. The fourth-order valence-electron chi connectivity index (χ4n) is 2.09. The summed E-state index contributed by atoms with van der Waals surface area (Å²) >= 11 is 7.29. The lowest BCUT2D eigenvalue weighted by atomic mass is 10.2. The maximum absolute atomic E-state index is 12.1. The summed E-state index contributed by atoms with van der Waals surface area (Å²) in [5.74, 6) is -0.0287. The van der Waals surface area contributed by atoms with Gasteiger partial charge in [-0.1, -0.05) is 41.9 Å². The van der Waals surface area contributed by atoms with Crippen molar-refractivity contribution in [2.24, 2.45) is 0 Å². The molecule has 0 aliphatic carbocycles. The molecule has 0 aliphatic heterocycles. The predicted octanol–water partition coefficient (Wildman–Crippen LogP) is 4.18. The van der Waals surface area contributed by atoms with E-state index >= 15 is 0 Å². The Morgan fingerprint density at radius 1 is 1.13 bits per heavy atom. The zero-order chi connectivity index (χ0) is 16.2. The molecule has 0 saturated carbocycles. The number of fused-ring (bicyclic) bond motifs is 1. The van der Waals surface area contributed by atoms with Gasteiger partial charge in [-0.3, -0.25) is 4.79 Å². The Hall–Kier alpha value is -2.24. The first kappa shape index (κ1) is 15.6. The average molecular weight is 346 g/mol. The van der Waals surface area contributed by atoms with Crippen molar-refractivity contribution in [2.75, 3.05) is 11.1 Å². The Bertz CT molecular complexity index is 923. The third-order valence-corrected chi connectivity index (χ3v) is 4.50. The number of halogens is 1. The molecule has 1 aromatic heterocycles. The molecule has 0 fully saturated rings. The lowest BCUT2D eigenvalue weighted by molar-refractivity contribution is -0.113. The number of carbonyl (C=O) groups is 1. The summed E-state index contributed by atoms with van der Waals surface area (Å²) < 4.78 is 5.13. The fourth-order valence-corrected chi connectivity index (χ4v) is 3.14. The van der Waals surface area contributed by atoms with Gasteiger partial charge >= 0.3 is 5.63 Å². The van der Waals surface area contributed by atoms with E-state index in [9.17, 15) is 9.59 Å². The van der Waals surface area contributed by atoms with Gasteiger partial charge in [0, 0.05) is 16.3 Å². The first-order chi connectivity index (χ1) is 11.1.